The zero-order valence-electron chi connectivity index (χ0n) is 9.71. The average Bonchev–Trinajstić information content (AvgIpc) is 2.84. The zero-order chi connectivity index (χ0) is 12.4. The van der Waals surface area contributed by atoms with Crippen LogP contribution in [0.25, 0.3) is 0 Å². The SMILES string of the molecule is O=C(Nc1ccccc1)C1C=Nc2ccccc21. The highest BCUT2D eigenvalue weighted by atomic mass is 16.1. The highest BCUT2D eigenvalue weighted by molar-refractivity contribution is 6.09. The number of carbonyl (C=O) groups is 1. The van der Waals surface area contributed by atoms with Gasteiger partial charge in [-0.15, -0.1) is 0 Å². The summed E-state index contributed by atoms with van der Waals surface area (Å²) < 4.78 is 0. The Morgan fingerprint density at radius 1 is 1.00 bits per heavy atom. The van der Waals surface area contributed by atoms with Crippen LogP contribution in [0.15, 0.2) is 59.6 Å². The van der Waals surface area contributed by atoms with Gasteiger partial charge in [0.25, 0.3) is 0 Å². The molecule has 18 heavy (non-hydrogen) atoms. The van der Waals surface area contributed by atoms with Crippen LogP contribution in [0.5, 0.6) is 0 Å². The van der Waals surface area contributed by atoms with Gasteiger partial charge in [0.05, 0.1) is 5.69 Å². The average molecular weight is 236 g/mol. The molecule has 3 heteroatoms. The van der Waals surface area contributed by atoms with Crippen LogP contribution in [0.4, 0.5) is 11.4 Å². The molecule has 0 bridgehead atoms. The van der Waals surface area contributed by atoms with Crippen molar-refractivity contribution in [3.63, 3.8) is 0 Å². The van der Waals surface area contributed by atoms with E-state index in [0.29, 0.717) is 0 Å². The number of amides is 1. The largest absolute Gasteiger partial charge is 0.325 e. The van der Waals surface area contributed by atoms with E-state index in [1.54, 1.807) is 6.21 Å². The van der Waals surface area contributed by atoms with Gasteiger partial charge in [-0.05, 0) is 23.8 Å². The van der Waals surface area contributed by atoms with Gasteiger partial charge in [-0.25, -0.2) is 0 Å². The minimum atomic E-state index is -0.290. The molecule has 88 valence electrons. The van der Waals surface area contributed by atoms with E-state index >= 15 is 0 Å². The summed E-state index contributed by atoms with van der Waals surface area (Å²) >= 11 is 0. The molecule has 1 N–H and O–H groups in total. The number of rotatable bonds is 2. The number of carbonyl (C=O) groups excluding carboxylic acids is 1. The smallest absolute Gasteiger partial charge is 0.237 e. The third kappa shape index (κ3) is 1.91. The summed E-state index contributed by atoms with van der Waals surface area (Å²) in [4.78, 5) is 16.4. The summed E-state index contributed by atoms with van der Waals surface area (Å²) in [5.41, 5.74) is 2.65. The number of nitrogens with zero attached hydrogens (tertiary/aromatic N) is 1. The molecule has 1 amide bonds. The molecular weight excluding hydrogens is 224 g/mol. The van der Waals surface area contributed by atoms with Crippen LogP contribution in [-0.2, 0) is 4.79 Å². The first-order valence-electron chi connectivity index (χ1n) is 5.83. The lowest BCUT2D eigenvalue weighted by Gasteiger charge is -2.10. The summed E-state index contributed by atoms with van der Waals surface area (Å²) in [5, 5.41) is 2.89. The maximum atomic E-state index is 12.2. The molecule has 0 fully saturated rings. The van der Waals surface area contributed by atoms with Gasteiger partial charge in [-0.3, -0.25) is 9.79 Å². The lowest BCUT2D eigenvalue weighted by molar-refractivity contribution is -0.116. The number of hydrogen-bond acceptors (Lipinski definition) is 2. The van der Waals surface area contributed by atoms with Crippen molar-refractivity contribution < 1.29 is 4.79 Å². The molecule has 0 radical (unpaired) electrons. The summed E-state index contributed by atoms with van der Waals surface area (Å²) in [6, 6.07) is 17.2. The molecule has 0 aliphatic carbocycles. The van der Waals surface area contributed by atoms with Crippen molar-refractivity contribution in [2.24, 2.45) is 4.99 Å². The van der Waals surface area contributed by atoms with Gasteiger partial charge in [0.2, 0.25) is 5.91 Å². The molecule has 0 saturated carbocycles. The molecule has 1 aliphatic rings. The predicted octanol–water partition coefficient (Wildman–Crippen LogP) is 3.12. The van der Waals surface area contributed by atoms with Crippen LogP contribution in [0.1, 0.15) is 11.5 Å². The molecule has 1 aliphatic heterocycles. The molecule has 2 aromatic carbocycles. The van der Waals surface area contributed by atoms with Gasteiger partial charge in [-0.1, -0.05) is 36.4 Å². The molecule has 1 heterocycles. The van der Waals surface area contributed by atoms with Crippen LogP contribution in [0.3, 0.4) is 0 Å². The molecular formula is C15H12N2O. The number of para-hydroxylation sites is 2. The van der Waals surface area contributed by atoms with Gasteiger partial charge >= 0.3 is 0 Å². The molecule has 0 aromatic heterocycles. The van der Waals surface area contributed by atoms with Gasteiger partial charge in [0.15, 0.2) is 0 Å². The fourth-order valence-corrected chi connectivity index (χ4v) is 2.05. The Kier molecular flexibility index (Phi) is 2.65. The molecule has 1 unspecified atom stereocenters. The van der Waals surface area contributed by atoms with E-state index in [1.165, 1.54) is 0 Å². The van der Waals surface area contributed by atoms with E-state index in [9.17, 15) is 4.79 Å². The number of anilines is 1. The van der Waals surface area contributed by atoms with Gasteiger partial charge in [0.1, 0.15) is 5.92 Å². The van der Waals surface area contributed by atoms with Crippen molar-refractivity contribution in [1.29, 1.82) is 0 Å². The van der Waals surface area contributed by atoms with E-state index in [0.717, 1.165) is 16.9 Å². The second-order valence-corrected chi connectivity index (χ2v) is 4.17. The second-order valence-electron chi connectivity index (χ2n) is 4.17. The van der Waals surface area contributed by atoms with E-state index < -0.39 is 0 Å². The summed E-state index contributed by atoms with van der Waals surface area (Å²) in [6.07, 6.45) is 1.70. The standard InChI is InChI=1S/C15H12N2O/c18-15(17-11-6-2-1-3-7-11)13-10-16-14-9-5-4-8-12(13)14/h1-10,13H,(H,17,18). The van der Waals surface area contributed by atoms with Crippen molar-refractivity contribution in [1.82, 2.24) is 0 Å². The zero-order valence-corrected chi connectivity index (χ0v) is 9.71. The Morgan fingerprint density at radius 2 is 1.72 bits per heavy atom. The Labute approximate surface area is 105 Å². The van der Waals surface area contributed by atoms with Gasteiger partial charge in [-0.2, -0.15) is 0 Å². The van der Waals surface area contributed by atoms with E-state index in [4.69, 9.17) is 0 Å². The highest BCUT2D eigenvalue weighted by Crippen LogP contribution is 2.32. The normalized spacial score (nSPS) is 16.3. The van der Waals surface area contributed by atoms with Crippen molar-refractivity contribution >= 4 is 23.5 Å². The van der Waals surface area contributed by atoms with Crippen molar-refractivity contribution in [2.45, 2.75) is 5.92 Å². The van der Waals surface area contributed by atoms with Crippen molar-refractivity contribution in [3.05, 3.63) is 60.2 Å². The fraction of sp³-hybridized carbons (Fsp3) is 0.0667. The maximum Gasteiger partial charge on any atom is 0.237 e. The fourth-order valence-electron chi connectivity index (χ4n) is 2.05. The van der Waals surface area contributed by atoms with Gasteiger partial charge in [0, 0.05) is 11.9 Å². The summed E-state index contributed by atoms with van der Waals surface area (Å²) in [7, 11) is 0. The quantitative estimate of drug-likeness (QED) is 0.855. The first-order valence-corrected chi connectivity index (χ1v) is 5.83. The van der Waals surface area contributed by atoms with Crippen LogP contribution in [-0.4, -0.2) is 12.1 Å². The topological polar surface area (TPSA) is 41.5 Å². The molecule has 1 atom stereocenters. The molecule has 2 aromatic rings. The predicted molar refractivity (Wildman–Crippen MR) is 72.4 cm³/mol. The number of benzene rings is 2. The minimum absolute atomic E-state index is 0.0464. The monoisotopic (exact) mass is 236 g/mol. The molecule has 3 nitrogen and oxygen atoms in total. The highest BCUT2D eigenvalue weighted by Gasteiger charge is 2.25. The minimum Gasteiger partial charge on any atom is -0.325 e. The number of hydrogen-bond donors (Lipinski definition) is 1. The van der Waals surface area contributed by atoms with Crippen LogP contribution < -0.4 is 5.32 Å². The van der Waals surface area contributed by atoms with Crippen LogP contribution in [0, 0.1) is 0 Å². The Morgan fingerprint density at radius 3 is 2.56 bits per heavy atom. The first kappa shape index (κ1) is 10.7. The summed E-state index contributed by atoms with van der Waals surface area (Å²) in [5.74, 6) is -0.337. The molecule has 0 spiro atoms. The Bertz CT molecular complexity index is 605. The van der Waals surface area contributed by atoms with E-state index in [2.05, 4.69) is 10.3 Å². The number of fused-ring (bicyclic) bond motifs is 1. The lowest BCUT2D eigenvalue weighted by atomic mass is 10.0. The molecule has 0 saturated heterocycles. The Hall–Kier alpha value is -2.42. The maximum absolute atomic E-state index is 12.2. The van der Waals surface area contributed by atoms with Crippen molar-refractivity contribution in [2.75, 3.05) is 5.32 Å². The van der Waals surface area contributed by atoms with Crippen LogP contribution >= 0.6 is 0 Å². The third-order valence-corrected chi connectivity index (χ3v) is 2.96. The third-order valence-electron chi connectivity index (χ3n) is 2.96. The van der Waals surface area contributed by atoms with E-state index in [-0.39, 0.29) is 11.8 Å². The van der Waals surface area contributed by atoms with Gasteiger partial charge < -0.3 is 5.32 Å². The first-order chi connectivity index (χ1) is 8.84. The molecule has 3 rings (SSSR count). The van der Waals surface area contributed by atoms with E-state index in [1.807, 2.05) is 54.6 Å². The lowest BCUT2D eigenvalue weighted by Crippen LogP contribution is -2.20. The second kappa shape index (κ2) is 4.45. The number of nitrogens with one attached hydrogen (secondary N) is 1. The summed E-state index contributed by atoms with van der Waals surface area (Å²) in [6.45, 7) is 0. The van der Waals surface area contributed by atoms with Crippen molar-refractivity contribution in [3.8, 4) is 0 Å². The number of aliphatic imine (C=N–C) groups is 1. The van der Waals surface area contributed by atoms with Crippen LogP contribution in [0.2, 0.25) is 0 Å². The Balaban J connectivity index is 1.81.